The maximum atomic E-state index is 12.0. The van der Waals surface area contributed by atoms with E-state index in [1.165, 1.54) is 12.1 Å². The summed E-state index contributed by atoms with van der Waals surface area (Å²) in [6.45, 7) is 0.614. The second-order valence-corrected chi connectivity index (χ2v) is 4.87. The maximum absolute atomic E-state index is 12.0. The van der Waals surface area contributed by atoms with Crippen LogP contribution in [0.15, 0.2) is 24.3 Å². The third kappa shape index (κ3) is 3.90. The van der Waals surface area contributed by atoms with Crippen molar-refractivity contribution in [3.63, 3.8) is 0 Å². The highest BCUT2D eigenvalue weighted by atomic mass is 19.3. The highest BCUT2D eigenvalue weighted by Gasteiger charge is 2.23. The van der Waals surface area contributed by atoms with Crippen molar-refractivity contribution < 1.29 is 18.3 Å². The van der Waals surface area contributed by atoms with Crippen molar-refractivity contribution in [2.45, 2.75) is 26.0 Å². The summed E-state index contributed by atoms with van der Waals surface area (Å²) < 4.78 is 28.4. The second kappa shape index (κ2) is 6.65. The first-order valence-corrected chi connectivity index (χ1v) is 6.62. The lowest BCUT2D eigenvalue weighted by Crippen LogP contribution is -2.33. The minimum absolute atomic E-state index is 0.0129. The van der Waals surface area contributed by atoms with E-state index in [4.69, 9.17) is 0 Å². The van der Waals surface area contributed by atoms with E-state index >= 15 is 0 Å². The maximum Gasteiger partial charge on any atom is 0.387 e. The number of hydrogen-bond acceptors (Lipinski definition) is 3. The van der Waals surface area contributed by atoms with Crippen LogP contribution in [0.3, 0.4) is 0 Å². The summed E-state index contributed by atoms with van der Waals surface area (Å²) in [6.07, 6.45) is 0.847. The van der Waals surface area contributed by atoms with E-state index in [1.807, 2.05) is 6.92 Å². The molecule has 2 atom stereocenters. The molecule has 0 aromatic heterocycles. The van der Waals surface area contributed by atoms with Gasteiger partial charge in [-0.1, -0.05) is 12.1 Å². The Bertz CT molecular complexity index is 445. The molecule has 20 heavy (non-hydrogen) atoms. The van der Waals surface area contributed by atoms with E-state index in [1.54, 1.807) is 12.1 Å². The molecular weight excluding hydrogens is 266 g/mol. The smallest absolute Gasteiger partial charge is 0.387 e. The molecule has 0 saturated carbocycles. The number of amides is 1. The van der Waals surface area contributed by atoms with E-state index < -0.39 is 6.61 Å². The lowest BCUT2D eigenvalue weighted by Gasteiger charge is -2.17. The molecule has 0 bridgehead atoms. The summed E-state index contributed by atoms with van der Waals surface area (Å²) in [7, 11) is 0. The summed E-state index contributed by atoms with van der Waals surface area (Å²) in [5.74, 6) is 0.150. The van der Waals surface area contributed by atoms with E-state index in [0.29, 0.717) is 6.54 Å². The van der Waals surface area contributed by atoms with E-state index in [9.17, 15) is 13.6 Å². The Morgan fingerprint density at radius 2 is 2.10 bits per heavy atom. The Hall–Kier alpha value is -1.69. The molecule has 1 aromatic carbocycles. The van der Waals surface area contributed by atoms with Crippen LogP contribution in [0.4, 0.5) is 8.78 Å². The molecule has 1 aromatic rings. The molecule has 110 valence electrons. The lowest BCUT2D eigenvalue weighted by molar-refractivity contribution is -0.125. The molecule has 0 spiro atoms. The molecule has 0 radical (unpaired) electrons. The average molecular weight is 284 g/mol. The Morgan fingerprint density at radius 1 is 1.40 bits per heavy atom. The summed E-state index contributed by atoms with van der Waals surface area (Å²) >= 11 is 0. The molecule has 1 aliphatic heterocycles. The summed E-state index contributed by atoms with van der Waals surface area (Å²) in [5.41, 5.74) is 0.853. The fourth-order valence-electron chi connectivity index (χ4n) is 2.23. The predicted octanol–water partition coefficient (Wildman–Crippen LogP) is 2.07. The molecule has 2 N–H and O–H groups in total. The van der Waals surface area contributed by atoms with Gasteiger partial charge >= 0.3 is 6.61 Å². The fourth-order valence-corrected chi connectivity index (χ4v) is 2.23. The molecule has 1 aliphatic rings. The molecule has 0 aliphatic carbocycles. The van der Waals surface area contributed by atoms with Gasteiger partial charge in [-0.15, -0.1) is 0 Å². The lowest BCUT2D eigenvalue weighted by atomic mass is 10.1. The highest BCUT2D eigenvalue weighted by Crippen LogP contribution is 2.20. The van der Waals surface area contributed by atoms with Gasteiger partial charge in [0.15, 0.2) is 0 Å². The normalized spacial score (nSPS) is 19.9. The largest absolute Gasteiger partial charge is 0.435 e. The second-order valence-electron chi connectivity index (χ2n) is 4.87. The van der Waals surface area contributed by atoms with Crippen molar-refractivity contribution >= 4 is 5.91 Å². The van der Waals surface area contributed by atoms with Crippen LogP contribution in [0.2, 0.25) is 0 Å². The van der Waals surface area contributed by atoms with Crippen LogP contribution in [0.25, 0.3) is 0 Å². The zero-order chi connectivity index (χ0) is 14.5. The van der Waals surface area contributed by atoms with Crippen molar-refractivity contribution in [3.8, 4) is 5.75 Å². The van der Waals surface area contributed by atoms with Gasteiger partial charge < -0.3 is 15.4 Å². The molecule has 1 saturated heterocycles. The zero-order valence-corrected chi connectivity index (χ0v) is 11.2. The quantitative estimate of drug-likeness (QED) is 0.870. The SMILES string of the molecule is CC(NC(=O)C1CCNC1)c1ccc(OC(F)F)cc1. The summed E-state index contributed by atoms with van der Waals surface area (Å²) in [4.78, 5) is 12.0. The van der Waals surface area contributed by atoms with E-state index in [-0.39, 0.29) is 23.6 Å². The van der Waals surface area contributed by atoms with Crippen LogP contribution in [-0.4, -0.2) is 25.6 Å². The first-order valence-electron chi connectivity index (χ1n) is 6.62. The first kappa shape index (κ1) is 14.7. The highest BCUT2D eigenvalue weighted by molar-refractivity contribution is 5.79. The van der Waals surface area contributed by atoms with E-state index in [0.717, 1.165) is 18.5 Å². The van der Waals surface area contributed by atoms with Crippen LogP contribution in [0.1, 0.15) is 24.9 Å². The van der Waals surface area contributed by atoms with Crippen molar-refractivity contribution in [2.75, 3.05) is 13.1 Å². The number of nitrogens with one attached hydrogen (secondary N) is 2. The van der Waals surface area contributed by atoms with Crippen molar-refractivity contribution in [1.82, 2.24) is 10.6 Å². The predicted molar refractivity (Wildman–Crippen MR) is 70.6 cm³/mol. The molecule has 1 amide bonds. The molecule has 1 heterocycles. The number of halogens is 2. The van der Waals surface area contributed by atoms with Gasteiger partial charge in [-0.2, -0.15) is 8.78 Å². The Balaban J connectivity index is 1.91. The minimum Gasteiger partial charge on any atom is -0.435 e. The van der Waals surface area contributed by atoms with Crippen LogP contribution in [0, 0.1) is 5.92 Å². The zero-order valence-electron chi connectivity index (χ0n) is 11.2. The standard InChI is InChI=1S/C14H18F2N2O2/c1-9(18-13(19)11-6-7-17-8-11)10-2-4-12(5-3-10)20-14(15)16/h2-5,9,11,14,17H,6-8H2,1H3,(H,18,19). The van der Waals surface area contributed by atoms with Crippen LogP contribution in [-0.2, 0) is 4.79 Å². The van der Waals surface area contributed by atoms with Crippen molar-refractivity contribution in [1.29, 1.82) is 0 Å². The van der Waals surface area contributed by atoms with Crippen LogP contribution < -0.4 is 15.4 Å². The number of benzene rings is 1. The number of alkyl halides is 2. The number of rotatable bonds is 5. The van der Waals surface area contributed by atoms with Gasteiger partial charge in [-0.05, 0) is 37.6 Å². The monoisotopic (exact) mass is 284 g/mol. The fraction of sp³-hybridized carbons (Fsp3) is 0.500. The molecule has 2 rings (SSSR count). The van der Waals surface area contributed by atoms with Gasteiger partial charge in [-0.25, -0.2) is 0 Å². The number of carbonyl (C=O) groups excluding carboxylic acids is 1. The Morgan fingerprint density at radius 3 is 2.65 bits per heavy atom. The molecule has 6 heteroatoms. The number of hydrogen-bond donors (Lipinski definition) is 2. The third-order valence-electron chi connectivity index (χ3n) is 3.40. The van der Waals surface area contributed by atoms with Gasteiger partial charge in [0.1, 0.15) is 5.75 Å². The van der Waals surface area contributed by atoms with Gasteiger partial charge in [0.05, 0.1) is 12.0 Å². The van der Waals surface area contributed by atoms with Crippen LogP contribution in [0.5, 0.6) is 5.75 Å². The van der Waals surface area contributed by atoms with Gasteiger partial charge in [0.25, 0.3) is 0 Å². The molecule has 2 unspecified atom stereocenters. The van der Waals surface area contributed by atoms with Crippen molar-refractivity contribution in [3.05, 3.63) is 29.8 Å². The summed E-state index contributed by atoms with van der Waals surface area (Å²) in [6, 6.07) is 6.14. The first-order chi connectivity index (χ1) is 9.56. The number of carbonyl (C=O) groups is 1. The average Bonchev–Trinajstić information content (AvgIpc) is 2.92. The number of ether oxygens (including phenoxy) is 1. The topological polar surface area (TPSA) is 50.4 Å². The van der Waals surface area contributed by atoms with E-state index in [2.05, 4.69) is 15.4 Å². The third-order valence-corrected chi connectivity index (χ3v) is 3.40. The molecular formula is C14H18F2N2O2. The van der Waals surface area contributed by atoms with Gasteiger partial charge in [0.2, 0.25) is 5.91 Å². The van der Waals surface area contributed by atoms with Crippen molar-refractivity contribution in [2.24, 2.45) is 5.92 Å². The molecule has 1 fully saturated rings. The summed E-state index contributed by atoms with van der Waals surface area (Å²) in [5, 5.41) is 6.07. The minimum atomic E-state index is -2.83. The Kier molecular flexibility index (Phi) is 4.89. The van der Waals surface area contributed by atoms with Crippen LogP contribution >= 0.6 is 0 Å². The molecule has 4 nitrogen and oxygen atoms in total. The van der Waals surface area contributed by atoms with Gasteiger partial charge in [-0.3, -0.25) is 4.79 Å². The Labute approximate surface area is 116 Å². The van der Waals surface area contributed by atoms with Gasteiger partial charge in [0, 0.05) is 6.54 Å².